The minimum atomic E-state index is -2.09. The molecule has 31 heavy (non-hydrogen) atoms. The molecule has 3 aromatic rings. The van der Waals surface area contributed by atoms with Crippen molar-refractivity contribution < 1.29 is 28.3 Å². The van der Waals surface area contributed by atoms with Crippen LogP contribution in [0.5, 0.6) is 11.6 Å². The van der Waals surface area contributed by atoms with Gasteiger partial charge in [-0.2, -0.15) is 0 Å². The average Bonchev–Trinajstić information content (AvgIpc) is 3.13. The third kappa shape index (κ3) is 5.62. The fourth-order valence-corrected chi connectivity index (χ4v) is 3.65. The molecule has 0 fully saturated rings. The molecule has 0 saturated carbocycles. The van der Waals surface area contributed by atoms with Crippen LogP contribution in [0.2, 0.25) is 18.1 Å². The number of aromatic nitrogens is 3. The van der Waals surface area contributed by atoms with Crippen molar-refractivity contribution in [3.05, 3.63) is 54.4 Å². The summed E-state index contributed by atoms with van der Waals surface area (Å²) in [7, 11) is -4.08. The molecule has 8 nitrogen and oxygen atoms in total. The lowest BCUT2D eigenvalue weighted by Crippen LogP contribution is -2.42. The van der Waals surface area contributed by atoms with Crippen molar-refractivity contribution in [3.63, 3.8) is 0 Å². The molecule has 0 radical (unpaired) electrons. The Hall–Kier alpha value is -2.47. The fraction of sp³-hybridized carbons (Fsp3) is 0.400. The Morgan fingerprint density at radius 2 is 1.94 bits per heavy atom. The van der Waals surface area contributed by atoms with Gasteiger partial charge in [-0.05, 0) is 30.3 Å². The molecule has 0 aliphatic heterocycles. The van der Waals surface area contributed by atoms with Crippen molar-refractivity contribution >= 4 is 21.3 Å². The maximum Gasteiger partial charge on any atom is 0.707 e. The lowest BCUT2D eigenvalue weighted by molar-refractivity contribution is 0.111. The van der Waals surface area contributed by atoms with Gasteiger partial charge in [-0.1, -0.05) is 20.8 Å². The van der Waals surface area contributed by atoms with Gasteiger partial charge >= 0.3 is 7.32 Å². The summed E-state index contributed by atoms with van der Waals surface area (Å²) in [6.07, 6.45) is 3.77. The standard InChI is InChI=1S/C20H27BFN3O5Si/c1-20(2,3)31(4,5)28-13-17(16-7-6-14(22)12-24-16)29-19-11-15(30-21(26)27)10-18-23-8-9-25(18)19/h6-12,17,26-27H,13H2,1-5H3. The number of hydrogen-bond acceptors (Lipinski definition) is 7. The van der Waals surface area contributed by atoms with Crippen LogP contribution in [-0.2, 0) is 4.43 Å². The highest BCUT2D eigenvalue weighted by molar-refractivity contribution is 6.74. The summed E-state index contributed by atoms with van der Waals surface area (Å²) in [5.41, 5.74) is 0.992. The first-order chi connectivity index (χ1) is 14.5. The molecule has 0 aliphatic rings. The largest absolute Gasteiger partial charge is 0.707 e. The van der Waals surface area contributed by atoms with E-state index in [4.69, 9.17) is 23.9 Å². The van der Waals surface area contributed by atoms with Crippen LogP contribution >= 0.6 is 0 Å². The zero-order valence-corrected chi connectivity index (χ0v) is 19.2. The second-order valence-corrected chi connectivity index (χ2v) is 13.5. The first-order valence-electron chi connectivity index (χ1n) is 9.88. The van der Waals surface area contributed by atoms with Crippen LogP contribution in [0, 0.1) is 5.82 Å². The van der Waals surface area contributed by atoms with Crippen molar-refractivity contribution in [3.8, 4) is 11.6 Å². The summed E-state index contributed by atoms with van der Waals surface area (Å²) in [4.78, 5) is 8.38. The first kappa shape index (κ1) is 23.2. The van der Waals surface area contributed by atoms with Crippen molar-refractivity contribution in [2.75, 3.05) is 6.61 Å². The number of pyridine rings is 2. The topological polar surface area (TPSA) is 98.3 Å². The highest BCUT2D eigenvalue weighted by atomic mass is 28.4. The van der Waals surface area contributed by atoms with E-state index in [2.05, 4.69) is 43.8 Å². The maximum absolute atomic E-state index is 13.4. The summed E-state index contributed by atoms with van der Waals surface area (Å²) in [6.45, 7) is 10.9. The molecule has 0 saturated heterocycles. The van der Waals surface area contributed by atoms with Crippen LogP contribution in [-0.4, -0.2) is 46.7 Å². The van der Waals surface area contributed by atoms with Gasteiger partial charge in [0.2, 0.25) is 5.88 Å². The Labute approximate surface area is 181 Å². The van der Waals surface area contributed by atoms with Gasteiger partial charge in [-0.15, -0.1) is 0 Å². The van der Waals surface area contributed by atoms with E-state index >= 15 is 0 Å². The highest BCUT2D eigenvalue weighted by Gasteiger charge is 2.38. The first-order valence-corrected chi connectivity index (χ1v) is 12.8. The van der Waals surface area contributed by atoms with E-state index in [9.17, 15) is 4.39 Å². The lowest BCUT2D eigenvalue weighted by atomic mass is 10.2. The van der Waals surface area contributed by atoms with E-state index in [-0.39, 0.29) is 17.4 Å². The van der Waals surface area contributed by atoms with E-state index < -0.39 is 27.6 Å². The SMILES string of the molecule is CC(C)(C)[Si](C)(C)OCC(Oc1cc(OB(O)O)cc2nccn12)c1ccc(F)cn1. The summed E-state index contributed by atoms with van der Waals surface area (Å²) in [5, 5.41) is 18.3. The number of hydrogen-bond donors (Lipinski definition) is 2. The molecule has 0 bridgehead atoms. The van der Waals surface area contributed by atoms with Gasteiger partial charge in [0.15, 0.2) is 14.4 Å². The molecule has 0 aromatic carbocycles. The van der Waals surface area contributed by atoms with Crippen LogP contribution in [0.3, 0.4) is 0 Å². The summed E-state index contributed by atoms with van der Waals surface area (Å²) >= 11 is 0. The number of fused-ring (bicyclic) bond motifs is 1. The minimum absolute atomic E-state index is 0.00356. The van der Waals surface area contributed by atoms with E-state index in [1.807, 2.05) is 0 Å². The van der Waals surface area contributed by atoms with Gasteiger partial charge in [0.05, 0.1) is 18.5 Å². The number of nitrogens with zero attached hydrogens (tertiary/aromatic N) is 3. The molecule has 0 amide bonds. The molecule has 3 rings (SSSR count). The van der Waals surface area contributed by atoms with E-state index in [0.29, 0.717) is 17.2 Å². The minimum Gasteiger partial charge on any atom is -0.512 e. The Morgan fingerprint density at radius 3 is 2.55 bits per heavy atom. The van der Waals surface area contributed by atoms with Crippen molar-refractivity contribution in [2.24, 2.45) is 0 Å². The van der Waals surface area contributed by atoms with Crippen LogP contribution in [0.1, 0.15) is 32.6 Å². The van der Waals surface area contributed by atoms with Crippen LogP contribution < -0.4 is 9.39 Å². The zero-order chi connectivity index (χ0) is 22.8. The fourth-order valence-electron chi connectivity index (χ4n) is 2.65. The van der Waals surface area contributed by atoms with E-state index in [1.165, 1.54) is 12.1 Å². The smallest absolute Gasteiger partial charge is 0.512 e. The maximum atomic E-state index is 13.4. The molecule has 1 atom stereocenters. The van der Waals surface area contributed by atoms with Gasteiger partial charge in [-0.3, -0.25) is 9.38 Å². The summed E-state index contributed by atoms with van der Waals surface area (Å²) in [6, 6.07) is 5.93. The average molecular weight is 447 g/mol. The summed E-state index contributed by atoms with van der Waals surface area (Å²) in [5.74, 6) is 0.0533. The molecule has 0 spiro atoms. The Bertz CT molecular complexity index is 1020. The molecule has 3 aromatic heterocycles. The monoisotopic (exact) mass is 447 g/mol. The van der Waals surface area contributed by atoms with Crippen molar-refractivity contribution in [1.29, 1.82) is 0 Å². The van der Waals surface area contributed by atoms with Gasteiger partial charge in [0.25, 0.3) is 0 Å². The predicted octanol–water partition coefficient (Wildman–Crippen LogP) is 3.36. The molecule has 2 N–H and O–H groups in total. The Balaban J connectivity index is 1.95. The lowest BCUT2D eigenvalue weighted by Gasteiger charge is -2.37. The van der Waals surface area contributed by atoms with Crippen LogP contribution in [0.25, 0.3) is 5.65 Å². The molecule has 3 heterocycles. The number of ether oxygens (including phenoxy) is 1. The molecular weight excluding hydrogens is 420 g/mol. The van der Waals surface area contributed by atoms with Crippen molar-refractivity contribution in [1.82, 2.24) is 14.4 Å². The van der Waals surface area contributed by atoms with Gasteiger partial charge < -0.3 is 23.9 Å². The van der Waals surface area contributed by atoms with E-state index in [1.54, 1.807) is 28.9 Å². The van der Waals surface area contributed by atoms with Crippen LogP contribution in [0.15, 0.2) is 42.9 Å². The number of imidazole rings is 1. The molecule has 166 valence electrons. The molecule has 0 aliphatic carbocycles. The predicted molar refractivity (Wildman–Crippen MR) is 117 cm³/mol. The molecule has 11 heteroatoms. The van der Waals surface area contributed by atoms with Crippen molar-refractivity contribution in [2.45, 2.75) is 45.0 Å². The van der Waals surface area contributed by atoms with Gasteiger partial charge in [0, 0.05) is 24.5 Å². The quantitative estimate of drug-likeness (QED) is 0.511. The van der Waals surface area contributed by atoms with Gasteiger partial charge in [0.1, 0.15) is 17.2 Å². The number of rotatable bonds is 8. The molecular formula is C20H27BFN3O5Si. The molecule has 1 unspecified atom stereocenters. The second kappa shape index (κ2) is 8.95. The third-order valence-electron chi connectivity index (χ3n) is 5.43. The van der Waals surface area contributed by atoms with Gasteiger partial charge in [-0.25, -0.2) is 9.37 Å². The Kier molecular flexibility index (Phi) is 6.70. The Morgan fingerprint density at radius 1 is 1.19 bits per heavy atom. The highest BCUT2D eigenvalue weighted by Crippen LogP contribution is 2.37. The van der Waals surface area contributed by atoms with Crippen LogP contribution in [0.4, 0.5) is 4.39 Å². The normalized spacial score (nSPS) is 13.3. The number of halogens is 1. The van der Waals surface area contributed by atoms with E-state index in [0.717, 1.165) is 6.20 Å². The summed E-state index contributed by atoms with van der Waals surface area (Å²) < 4.78 is 32.7. The second-order valence-electron chi connectivity index (χ2n) is 8.71. The zero-order valence-electron chi connectivity index (χ0n) is 18.2. The third-order valence-corrected chi connectivity index (χ3v) is 9.93.